The van der Waals surface area contributed by atoms with Gasteiger partial charge in [0.25, 0.3) is 0 Å². The van der Waals surface area contributed by atoms with Gasteiger partial charge in [0.05, 0.1) is 0 Å². The van der Waals surface area contributed by atoms with E-state index in [4.69, 9.17) is 0 Å². The maximum atomic E-state index is 11.7. The molecule has 0 aliphatic heterocycles. The summed E-state index contributed by atoms with van der Waals surface area (Å²) in [5.41, 5.74) is 0. The summed E-state index contributed by atoms with van der Waals surface area (Å²) in [4.78, 5) is -6.74. The van der Waals surface area contributed by atoms with Gasteiger partial charge in [-0.3, -0.25) is 0 Å². The van der Waals surface area contributed by atoms with E-state index in [9.17, 15) is 17.6 Å². The van der Waals surface area contributed by atoms with Crippen molar-refractivity contribution in [3.63, 3.8) is 0 Å². The van der Waals surface area contributed by atoms with Gasteiger partial charge in [-0.15, -0.1) is 0 Å². The Morgan fingerprint density at radius 3 is 1.10 bits per heavy atom. The highest BCUT2D eigenvalue weighted by molar-refractivity contribution is 9.10. The molecule has 0 fully saturated rings. The van der Waals surface area contributed by atoms with Crippen LogP contribution in [0.4, 0.5) is 17.6 Å². The number of halogens is 6. The average Bonchev–Trinajstić information content (AvgIpc) is 1.57. The molecule has 0 bridgehead atoms. The van der Waals surface area contributed by atoms with E-state index in [1.165, 1.54) is 0 Å². The lowest BCUT2D eigenvalue weighted by atomic mass is 10.5. The Hall–Kier alpha value is 0.420. The van der Waals surface area contributed by atoms with E-state index in [1.54, 1.807) is 0 Å². The molecule has 0 saturated carbocycles. The fourth-order valence-corrected chi connectivity index (χ4v) is 0.453. The third-order valence-corrected chi connectivity index (χ3v) is 0.990. The van der Waals surface area contributed by atoms with Gasteiger partial charge in [0, 0.05) is 0 Å². The molecule has 6 heteroatoms. The molecular weight excluding hydrogens is 284 g/mol. The predicted molar refractivity (Wildman–Crippen MR) is 36.9 cm³/mol. The number of alkyl halides is 6. The molecule has 0 aliphatic rings. The van der Waals surface area contributed by atoms with Crippen molar-refractivity contribution in [1.82, 2.24) is 0 Å². The molecule has 0 aromatic rings. The van der Waals surface area contributed by atoms with Gasteiger partial charge in [-0.1, -0.05) is 0 Å². The minimum absolute atomic E-state index is 0.0573. The molecule has 0 heterocycles. The molecule has 60 valence electrons. The normalized spacial score (nSPS) is 14.6. The Morgan fingerprint density at radius 2 is 1.00 bits per heavy atom. The smallest absolute Gasteiger partial charge is 0.189 e. The van der Waals surface area contributed by atoms with Crippen LogP contribution in [0.1, 0.15) is 0 Å². The lowest BCUT2D eigenvalue weighted by Crippen LogP contribution is -2.04. The predicted octanol–water partition coefficient (Wildman–Crippen LogP) is 3.52. The summed E-state index contributed by atoms with van der Waals surface area (Å²) in [6.45, 7) is 0. The standard InChI is InChI=1S/C4H2Br2F4/c5-3(7,8)1-2-4(6,9)10/h1-2H/b2-1+. The van der Waals surface area contributed by atoms with Crippen LogP contribution in [0, 0.1) is 0 Å². The molecular formula is C4H2Br2F4. The number of hydrogen-bond acceptors (Lipinski definition) is 0. The first-order chi connectivity index (χ1) is 4.21. The maximum Gasteiger partial charge on any atom is 0.320 e. The Balaban J connectivity index is 4.01. The fraction of sp³-hybridized carbons (Fsp3) is 0.500. The molecule has 0 nitrogen and oxygen atoms in total. The summed E-state index contributed by atoms with van der Waals surface area (Å²) in [6.07, 6.45) is 0.115. The largest absolute Gasteiger partial charge is 0.320 e. The van der Waals surface area contributed by atoms with Crippen LogP contribution in [0.15, 0.2) is 12.2 Å². The molecule has 0 atom stereocenters. The van der Waals surface area contributed by atoms with Crippen molar-refractivity contribution >= 4 is 31.9 Å². The van der Waals surface area contributed by atoms with E-state index >= 15 is 0 Å². The molecule has 0 spiro atoms. The van der Waals surface area contributed by atoms with Crippen LogP contribution in [0.5, 0.6) is 0 Å². The molecule has 0 unspecified atom stereocenters. The summed E-state index contributed by atoms with van der Waals surface area (Å²) in [5.74, 6) is 0. The van der Waals surface area contributed by atoms with Crippen molar-refractivity contribution in [2.75, 3.05) is 0 Å². The zero-order valence-electron chi connectivity index (χ0n) is 4.42. The minimum Gasteiger partial charge on any atom is -0.189 e. The summed E-state index contributed by atoms with van der Waals surface area (Å²) >= 11 is 3.71. The van der Waals surface area contributed by atoms with Crippen molar-refractivity contribution < 1.29 is 17.6 Å². The van der Waals surface area contributed by atoms with Crippen molar-refractivity contribution in [3.8, 4) is 0 Å². The average molecular weight is 286 g/mol. The third-order valence-electron chi connectivity index (χ3n) is 0.461. The van der Waals surface area contributed by atoms with Crippen molar-refractivity contribution in [2.24, 2.45) is 0 Å². The van der Waals surface area contributed by atoms with Crippen molar-refractivity contribution in [2.45, 2.75) is 9.66 Å². The first-order valence-corrected chi connectivity index (χ1v) is 3.63. The Bertz CT molecular complexity index is 115. The van der Waals surface area contributed by atoms with E-state index in [0.717, 1.165) is 0 Å². The topological polar surface area (TPSA) is 0 Å². The number of hydrogen-bond donors (Lipinski definition) is 0. The van der Waals surface area contributed by atoms with Crippen LogP contribution in [-0.2, 0) is 0 Å². The molecule has 0 aromatic heterocycles. The van der Waals surface area contributed by atoms with Crippen LogP contribution in [0.2, 0.25) is 0 Å². The van der Waals surface area contributed by atoms with Crippen molar-refractivity contribution in [1.29, 1.82) is 0 Å². The maximum absolute atomic E-state index is 11.7. The lowest BCUT2D eigenvalue weighted by molar-refractivity contribution is 0.151. The summed E-state index contributed by atoms with van der Waals surface area (Å²) in [7, 11) is 0. The number of rotatable bonds is 2. The Labute approximate surface area is 71.5 Å². The van der Waals surface area contributed by atoms with E-state index < -0.39 is 9.66 Å². The van der Waals surface area contributed by atoms with E-state index in [1.807, 2.05) is 31.9 Å². The van der Waals surface area contributed by atoms with Gasteiger partial charge < -0.3 is 0 Å². The highest BCUT2D eigenvalue weighted by atomic mass is 79.9. The Kier molecular flexibility index (Phi) is 3.35. The molecule has 0 aromatic carbocycles. The van der Waals surface area contributed by atoms with Gasteiger partial charge in [-0.25, -0.2) is 0 Å². The fourth-order valence-electron chi connectivity index (χ4n) is 0.189. The van der Waals surface area contributed by atoms with Crippen LogP contribution in [-0.4, -0.2) is 9.66 Å². The van der Waals surface area contributed by atoms with E-state index in [2.05, 4.69) is 0 Å². The second-order valence-corrected chi connectivity index (χ2v) is 3.53. The van der Waals surface area contributed by atoms with Gasteiger partial charge in [0.2, 0.25) is 0 Å². The van der Waals surface area contributed by atoms with Crippen LogP contribution in [0.3, 0.4) is 0 Å². The van der Waals surface area contributed by atoms with Crippen molar-refractivity contribution in [3.05, 3.63) is 12.2 Å². The Morgan fingerprint density at radius 1 is 0.800 bits per heavy atom. The molecule has 0 amide bonds. The first-order valence-electron chi connectivity index (χ1n) is 2.04. The monoisotopic (exact) mass is 284 g/mol. The summed E-state index contributed by atoms with van der Waals surface area (Å²) in [5, 5.41) is 0. The van der Waals surface area contributed by atoms with Gasteiger partial charge in [0.1, 0.15) is 0 Å². The highest BCUT2D eigenvalue weighted by Crippen LogP contribution is 2.28. The molecule has 0 saturated heterocycles. The molecule has 0 radical (unpaired) electrons. The van der Waals surface area contributed by atoms with Gasteiger partial charge >= 0.3 is 9.66 Å². The van der Waals surface area contributed by atoms with Gasteiger partial charge in [0.15, 0.2) is 0 Å². The SMILES string of the molecule is FC(F)(Br)/C=C/C(F)(F)Br. The van der Waals surface area contributed by atoms with Crippen LogP contribution in [0.25, 0.3) is 0 Å². The highest BCUT2D eigenvalue weighted by Gasteiger charge is 2.25. The molecule has 0 rings (SSSR count). The summed E-state index contributed by atoms with van der Waals surface area (Å²) < 4.78 is 46.9. The quantitative estimate of drug-likeness (QED) is 0.414. The molecule has 0 N–H and O–H groups in total. The van der Waals surface area contributed by atoms with E-state index in [-0.39, 0.29) is 12.2 Å². The zero-order valence-corrected chi connectivity index (χ0v) is 7.59. The second-order valence-electron chi connectivity index (χ2n) is 1.42. The van der Waals surface area contributed by atoms with Gasteiger partial charge in [-0.2, -0.15) is 17.6 Å². The third kappa shape index (κ3) is 8.42. The zero-order chi connectivity index (χ0) is 8.41. The first kappa shape index (κ1) is 10.4. The second kappa shape index (κ2) is 3.21. The van der Waals surface area contributed by atoms with Crippen LogP contribution >= 0.6 is 31.9 Å². The number of allylic oxidation sites excluding steroid dienone is 2. The molecule has 10 heavy (non-hydrogen) atoms. The molecule has 0 aliphatic carbocycles. The van der Waals surface area contributed by atoms with E-state index in [0.29, 0.717) is 0 Å². The summed E-state index contributed by atoms with van der Waals surface area (Å²) in [6, 6.07) is 0. The van der Waals surface area contributed by atoms with Crippen LogP contribution < -0.4 is 0 Å². The minimum atomic E-state index is -3.37. The van der Waals surface area contributed by atoms with Gasteiger partial charge in [-0.05, 0) is 44.0 Å². The lowest BCUT2D eigenvalue weighted by Gasteiger charge is -2.02.